The maximum atomic E-state index is 12.0. The number of nitrogens with zero attached hydrogens (tertiary/aromatic N) is 5. The minimum Gasteiger partial charge on any atom is -0.444 e. The fraction of sp³-hybridized carbons (Fsp3) is 0.714. The van der Waals surface area contributed by atoms with Crippen LogP contribution in [0.4, 0.5) is 4.79 Å². The van der Waals surface area contributed by atoms with E-state index in [1.165, 1.54) is 0 Å². The number of amides is 1. The molecule has 0 spiro atoms. The molecule has 1 aliphatic rings. The summed E-state index contributed by atoms with van der Waals surface area (Å²) in [5.41, 5.74) is 8.67. The van der Waals surface area contributed by atoms with Crippen LogP contribution in [0.15, 0.2) is 15.7 Å². The highest BCUT2D eigenvalue weighted by atomic mass is 16.6. The van der Waals surface area contributed by atoms with Crippen LogP contribution >= 0.6 is 0 Å². The first-order valence-electron chi connectivity index (χ1n) is 7.33. The Bertz CT molecular complexity index is 563. The molecule has 8 heteroatoms. The molecule has 1 amide bonds. The summed E-state index contributed by atoms with van der Waals surface area (Å²) in [6.07, 6.45) is 1.36. The van der Waals surface area contributed by atoms with Crippen LogP contribution in [0.2, 0.25) is 0 Å². The number of azide groups is 1. The van der Waals surface area contributed by atoms with Crippen molar-refractivity contribution in [2.75, 3.05) is 13.1 Å². The summed E-state index contributed by atoms with van der Waals surface area (Å²) in [6.45, 7) is 7.02. The second-order valence-corrected chi connectivity index (χ2v) is 6.35. The zero-order chi connectivity index (χ0) is 16.2. The molecule has 8 nitrogen and oxygen atoms in total. The Kier molecular flexibility index (Phi) is 4.92. The summed E-state index contributed by atoms with van der Waals surface area (Å²) >= 11 is 0. The van der Waals surface area contributed by atoms with Crippen LogP contribution in [0, 0.1) is 0 Å². The maximum absolute atomic E-state index is 12.0. The highest BCUT2D eigenvalue weighted by Gasteiger charge is 2.28. The van der Waals surface area contributed by atoms with Gasteiger partial charge < -0.3 is 14.2 Å². The van der Waals surface area contributed by atoms with Crippen LogP contribution in [0.25, 0.3) is 10.4 Å². The predicted octanol–water partition coefficient (Wildman–Crippen LogP) is 3.60. The average molecular weight is 307 g/mol. The maximum Gasteiger partial charge on any atom is 0.410 e. The van der Waals surface area contributed by atoms with Gasteiger partial charge in [0.25, 0.3) is 0 Å². The van der Waals surface area contributed by atoms with E-state index in [1.807, 2.05) is 26.8 Å². The first kappa shape index (κ1) is 16.2. The summed E-state index contributed by atoms with van der Waals surface area (Å²) < 4.78 is 10.5. The van der Waals surface area contributed by atoms with E-state index in [-0.39, 0.29) is 18.6 Å². The van der Waals surface area contributed by atoms with Crippen LogP contribution in [0.1, 0.15) is 51.0 Å². The van der Waals surface area contributed by atoms with Gasteiger partial charge in [-0.1, -0.05) is 10.3 Å². The molecule has 1 fully saturated rings. The summed E-state index contributed by atoms with van der Waals surface area (Å²) in [4.78, 5) is 16.4. The molecular formula is C14H21N5O3. The van der Waals surface area contributed by atoms with Crippen LogP contribution < -0.4 is 0 Å². The van der Waals surface area contributed by atoms with Crippen molar-refractivity contribution >= 4 is 6.09 Å². The molecule has 0 N–H and O–H groups in total. The molecule has 0 saturated carbocycles. The van der Waals surface area contributed by atoms with E-state index in [4.69, 9.17) is 14.8 Å². The molecular weight excluding hydrogens is 286 g/mol. The topological polar surface area (TPSA) is 104 Å². The minimum absolute atomic E-state index is 0.167. The molecule has 0 aliphatic carbocycles. The van der Waals surface area contributed by atoms with Gasteiger partial charge in [-0.05, 0) is 39.1 Å². The molecule has 0 atom stereocenters. The average Bonchev–Trinajstić information content (AvgIpc) is 2.92. The number of rotatable bonds is 3. The number of carbonyl (C=O) groups is 1. The number of hydrogen-bond donors (Lipinski definition) is 0. The quantitative estimate of drug-likeness (QED) is 0.483. The Labute approximate surface area is 129 Å². The number of likely N-dealkylation sites (tertiary alicyclic amines) is 1. The highest BCUT2D eigenvalue weighted by molar-refractivity contribution is 5.68. The molecule has 1 aliphatic heterocycles. The zero-order valence-electron chi connectivity index (χ0n) is 13.2. The largest absolute Gasteiger partial charge is 0.444 e. The Morgan fingerprint density at radius 1 is 1.55 bits per heavy atom. The molecule has 22 heavy (non-hydrogen) atoms. The lowest BCUT2D eigenvalue weighted by molar-refractivity contribution is 0.0203. The lowest BCUT2D eigenvalue weighted by Gasteiger charge is -2.32. The predicted molar refractivity (Wildman–Crippen MR) is 79.1 cm³/mol. The monoisotopic (exact) mass is 307 g/mol. The van der Waals surface area contributed by atoms with Crippen molar-refractivity contribution in [2.24, 2.45) is 5.11 Å². The van der Waals surface area contributed by atoms with Gasteiger partial charge in [-0.25, -0.2) is 4.79 Å². The van der Waals surface area contributed by atoms with E-state index >= 15 is 0 Å². The summed E-state index contributed by atoms with van der Waals surface area (Å²) in [5.74, 6) is 0.810. The van der Waals surface area contributed by atoms with Gasteiger partial charge in [0, 0.05) is 30.0 Å². The molecule has 0 unspecified atom stereocenters. The minimum atomic E-state index is -0.476. The lowest BCUT2D eigenvalue weighted by atomic mass is 9.93. The van der Waals surface area contributed by atoms with E-state index in [2.05, 4.69) is 15.2 Å². The number of ether oxygens (including phenoxy) is 1. The van der Waals surface area contributed by atoms with Gasteiger partial charge in [-0.2, -0.15) is 0 Å². The third-order valence-electron chi connectivity index (χ3n) is 3.43. The molecule has 1 aromatic rings. The smallest absolute Gasteiger partial charge is 0.410 e. The molecule has 120 valence electrons. The number of aromatic nitrogens is 1. The lowest BCUT2D eigenvalue weighted by Crippen LogP contribution is -2.41. The van der Waals surface area contributed by atoms with Crippen LogP contribution in [-0.4, -0.2) is 34.8 Å². The van der Waals surface area contributed by atoms with E-state index < -0.39 is 5.60 Å². The van der Waals surface area contributed by atoms with Gasteiger partial charge in [0.1, 0.15) is 11.4 Å². The number of hydrogen-bond acceptors (Lipinski definition) is 5. The van der Waals surface area contributed by atoms with Crippen LogP contribution in [0.5, 0.6) is 0 Å². The molecule has 0 radical (unpaired) electrons. The second-order valence-electron chi connectivity index (χ2n) is 6.35. The van der Waals surface area contributed by atoms with Gasteiger partial charge >= 0.3 is 6.09 Å². The summed E-state index contributed by atoms with van der Waals surface area (Å²) in [6, 6.07) is 1.82. The van der Waals surface area contributed by atoms with E-state index in [0.29, 0.717) is 18.8 Å². The van der Waals surface area contributed by atoms with E-state index in [9.17, 15) is 4.79 Å². The fourth-order valence-electron chi connectivity index (χ4n) is 2.38. The Morgan fingerprint density at radius 3 is 2.82 bits per heavy atom. The van der Waals surface area contributed by atoms with Crippen LogP contribution in [-0.2, 0) is 11.3 Å². The Hall–Kier alpha value is -2.21. The molecule has 2 heterocycles. The number of piperidine rings is 1. The van der Waals surface area contributed by atoms with Gasteiger partial charge in [0.05, 0.1) is 12.2 Å². The van der Waals surface area contributed by atoms with Crippen molar-refractivity contribution in [3.63, 3.8) is 0 Å². The Morgan fingerprint density at radius 2 is 2.23 bits per heavy atom. The van der Waals surface area contributed by atoms with Crippen molar-refractivity contribution in [3.05, 3.63) is 28.0 Å². The first-order chi connectivity index (χ1) is 10.4. The number of carbonyl (C=O) groups excluding carboxylic acids is 1. The molecule has 1 aromatic heterocycles. The second kappa shape index (κ2) is 6.70. The van der Waals surface area contributed by atoms with Crippen molar-refractivity contribution < 1.29 is 14.1 Å². The normalized spacial score (nSPS) is 16.2. The third kappa shape index (κ3) is 4.39. The summed E-state index contributed by atoms with van der Waals surface area (Å²) in [7, 11) is 0. The molecule has 2 rings (SSSR count). The van der Waals surface area contributed by atoms with Crippen molar-refractivity contribution in [2.45, 2.75) is 51.7 Å². The third-order valence-corrected chi connectivity index (χ3v) is 3.43. The van der Waals surface area contributed by atoms with Gasteiger partial charge in [0.2, 0.25) is 0 Å². The molecule has 1 saturated heterocycles. The van der Waals surface area contributed by atoms with E-state index in [1.54, 1.807) is 4.90 Å². The zero-order valence-corrected chi connectivity index (χ0v) is 13.2. The van der Waals surface area contributed by atoms with E-state index in [0.717, 1.165) is 18.5 Å². The summed E-state index contributed by atoms with van der Waals surface area (Å²) in [5, 5.41) is 7.48. The van der Waals surface area contributed by atoms with Crippen molar-refractivity contribution in [1.29, 1.82) is 0 Å². The highest BCUT2D eigenvalue weighted by Crippen LogP contribution is 2.28. The molecule has 0 aromatic carbocycles. The fourth-order valence-corrected chi connectivity index (χ4v) is 2.38. The first-order valence-corrected chi connectivity index (χ1v) is 7.33. The van der Waals surface area contributed by atoms with Crippen LogP contribution in [0.3, 0.4) is 0 Å². The van der Waals surface area contributed by atoms with Gasteiger partial charge in [0.15, 0.2) is 0 Å². The Balaban J connectivity index is 1.88. The van der Waals surface area contributed by atoms with Gasteiger partial charge in [-0.3, -0.25) is 0 Å². The van der Waals surface area contributed by atoms with Crippen molar-refractivity contribution in [3.8, 4) is 0 Å². The van der Waals surface area contributed by atoms with Crippen molar-refractivity contribution in [1.82, 2.24) is 10.1 Å². The molecule has 0 bridgehead atoms. The SMILES string of the molecule is CC(C)(C)OC(=O)N1CCC(c2cc(CN=[N+]=[N-])on2)CC1. The van der Waals surface area contributed by atoms with Gasteiger partial charge in [-0.15, -0.1) is 0 Å². The standard InChI is InChI=1S/C14H21N5O3/c1-14(2,3)21-13(20)19-6-4-10(5-7-19)12-8-11(22-17-12)9-16-18-15/h8,10H,4-7,9H2,1-3H3.